The zero-order chi connectivity index (χ0) is 19.8. The third-order valence-corrected chi connectivity index (χ3v) is 5.78. The zero-order valence-corrected chi connectivity index (χ0v) is 17.0. The van der Waals surface area contributed by atoms with Crippen LogP contribution in [-0.4, -0.2) is 22.7 Å². The third-order valence-electron chi connectivity index (χ3n) is 3.73. The number of anilines is 1. The summed E-state index contributed by atoms with van der Waals surface area (Å²) in [5.41, 5.74) is 2.14. The number of thioether (sulfide) groups is 1. The SMILES string of the molecule is Cc1cccc(OCCCC(=O)Nc2nnc(SCc3ccc(F)cc3)s2)c1. The van der Waals surface area contributed by atoms with Crippen LogP contribution < -0.4 is 10.1 Å². The van der Waals surface area contributed by atoms with Crippen molar-refractivity contribution in [2.45, 2.75) is 29.9 Å². The van der Waals surface area contributed by atoms with Crippen LogP contribution in [0.5, 0.6) is 5.75 Å². The third kappa shape index (κ3) is 6.61. The van der Waals surface area contributed by atoms with Crippen molar-refractivity contribution in [3.05, 3.63) is 65.5 Å². The molecule has 2 aromatic carbocycles. The van der Waals surface area contributed by atoms with E-state index in [-0.39, 0.29) is 11.7 Å². The standard InChI is InChI=1S/C20H20FN3O2S2/c1-14-4-2-5-17(12-14)26-11-3-6-18(25)22-19-23-24-20(28-19)27-13-15-7-9-16(21)10-8-15/h2,4-5,7-10,12H,3,6,11,13H2,1H3,(H,22,23,25). The van der Waals surface area contributed by atoms with E-state index in [0.717, 1.165) is 21.2 Å². The number of ether oxygens (including phenoxy) is 1. The van der Waals surface area contributed by atoms with Crippen LogP contribution in [-0.2, 0) is 10.5 Å². The molecule has 0 saturated carbocycles. The molecule has 0 bridgehead atoms. The zero-order valence-electron chi connectivity index (χ0n) is 15.4. The molecule has 146 valence electrons. The van der Waals surface area contributed by atoms with Gasteiger partial charge in [0.2, 0.25) is 11.0 Å². The molecule has 1 heterocycles. The maximum atomic E-state index is 12.9. The summed E-state index contributed by atoms with van der Waals surface area (Å²) in [5.74, 6) is 1.12. The maximum Gasteiger partial charge on any atom is 0.226 e. The summed E-state index contributed by atoms with van der Waals surface area (Å²) in [5, 5.41) is 11.3. The second-order valence-electron chi connectivity index (χ2n) is 6.10. The highest BCUT2D eigenvalue weighted by Gasteiger charge is 2.09. The minimum atomic E-state index is -0.251. The fourth-order valence-corrected chi connectivity index (χ4v) is 4.08. The molecule has 0 spiro atoms. The first-order chi connectivity index (χ1) is 13.6. The highest BCUT2D eigenvalue weighted by Crippen LogP contribution is 2.28. The summed E-state index contributed by atoms with van der Waals surface area (Å²) in [4.78, 5) is 12.0. The van der Waals surface area contributed by atoms with Gasteiger partial charge in [-0.3, -0.25) is 4.79 Å². The van der Waals surface area contributed by atoms with Crippen molar-refractivity contribution in [2.24, 2.45) is 0 Å². The summed E-state index contributed by atoms with van der Waals surface area (Å²) in [6, 6.07) is 14.2. The highest BCUT2D eigenvalue weighted by atomic mass is 32.2. The number of benzene rings is 2. The molecule has 0 aliphatic rings. The first kappa shape index (κ1) is 20.3. The Hall–Kier alpha value is -2.45. The van der Waals surface area contributed by atoms with Gasteiger partial charge in [-0.25, -0.2) is 4.39 Å². The van der Waals surface area contributed by atoms with Crippen LogP contribution in [0.3, 0.4) is 0 Å². The Morgan fingerprint density at radius 1 is 1.21 bits per heavy atom. The van der Waals surface area contributed by atoms with Gasteiger partial charge in [0.15, 0.2) is 4.34 Å². The van der Waals surface area contributed by atoms with Crippen molar-refractivity contribution >= 4 is 34.1 Å². The predicted molar refractivity (Wildman–Crippen MR) is 110 cm³/mol. The van der Waals surface area contributed by atoms with E-state index < -0.39 is 0 Å². The number of hydrogen-bond acceptors (Lipinski definition) is 6. The van der Waals surface area contributed by atoms with E-state index in [0.29, 0.717) is 30.3 Å². The van der Waals surface area contributed by atoms with Gasteiger partial charge in [-0.1, -0.05) is 47.4 Å². The Labute approximate surface area is 171 Å². The molecule has 1 aromatic heterocycles. The predicted octanol–water partition coefficient (Wildman–Crippen LogP) is 5.08. The van der Waals surface area contributed by atoms with Crippen LogP contribution in [0.15, 0.2) is 52.9 Å². The maximum absolute atomic E-state index is 12.9. The molecule has 28 heavy (non-hydrogen) atoms. The second-order valence-corrected chi connectivity index (χ2v) is 8.30. The van der Waals surface area contributed by atoms with Crippen LogP contribution >= 0.6 is 23.1 Å². The van der Waals surface area contributed by atoms with Gasteiger partial charge in [0.25, 0.3) is 0 Å². The number of carbonyl (C=O) groups is 1. The van der Waals surface area contributed by atoms with E-state index in [9.17, 15) is 9.18 Å². The molecule has 1 N–H and O–H groups in total. The molecule has 0 atom stereocenters. The lowest BCUT2D eigenvalue weighted by Crippen LogP contribution is -2.12. The first-order valence-electron chi connectivity index (χ1n) is 8.78. The number of nitrogens with zero attached hydrogens (tertiary/aromatic N) is 2. The smallest absolute Gasteiger partial charge is 0.226 e. The average molecular weight is 418 g/mol. The van der Waals surface area contributed by atoms with Gasteiger partial charge in [0.1, 0.15) is 11.6 Å². The molecule has 5 nitrogen and oxygen atoms in total. The van der Waals surface area contributed by atoms with Crippen molar-refractivity contribution < 1.29 is 13.9 Å². The van der Waals surface area contributed by atoms with Crippen molar-refractivity contribution in [2.75, 3.05) is 11.9 Å². The van der Waals surface area contributed by atoms with Crippen molar-refractivity contribution in [3.8, 4) is 5.75 Å². The summed E-state index contributed by atoms with van der Waals surface area (Å²) in [6.07, 6.45) is 0.966. The summed E-state index contributed by atoms with van der Waals surface area (Å²) in [7, 11) is 0. The van der Waals surface area contributed by atoms with Gasteiger partial charge in [0, 0.05) is 12.2 Å². The van der Waals surface area contributed by atoms with Gasteiger partial charge < -0.3 is 10.1 Å². The molecule has 3 aromatic rings. The van der Waals surface area contributed by atoms with Crippen LogP contribution in [0.2, 0.25) is 0 Å². The van der Waals surface area contributed by atoms with Crippen molar-refractivity contribution in [3.63, 3.8) is 0 Å². The normalized spacial score (nSPS) is 10.6. The molecule has 0 unspecified atom stereocenters. The Morgan fingerprint density at radius 2 is 2.04 bits per heavy atom. The van der Waals surface area contributed by atoms with E-state index in [4.69, 9.17) is 4.74 Å². The lowest BCUT2D eigenvalue weighted by molar-refractivity contribution is -0.116. The molecular formula is C20H20FN3O2S2. The van der Waals surface area contributed by atoms with Gasteiger partial charge in [-0.2, -0.15) is 0 Å². The Balaban J connectivity index is 1.37. The number of halogens is 1. The summed E-state index contributed by atoms with van der Waals surface area (Å²) < 4.78 is 19.3. The molecule has 0 radical (unpaired) electrons. The fraction of sp³-hybridized carbons (Fsp3) is 0.250. The Kier molecular flexibility index (Phi) is 7.39. The van der Waals surface area contributed by atoms with Crippen LogP contribution in [0.1, 0.15) is 24.0 Å². The van der Waals surface area contributed by atoms with Crippen LogP contribution in [0.4, 0.5) is 9.52 Å². The average Bonchev–Trinajstić information content (AvgIpc) is 3.12. The topological polar surface area (TPSA) is 64.1 Å². The van der Waals surface area contributed by atoms with E-state index in [1.807, 2.05) is 31.2 Å². The van der Waals surface area contributed by atoms with Gasteiger partial charge in [-0.05, 0) is 48.7 Å². The molecule has 8 heteroatoms. The summed E-state index contributed by atoms with van der Waals surface area (Å²) in [6.45, 7) is 2.49. The lowest BCUT2D eigenvalue weighted by Gasteiger charge is -2.06. The fourth-order valence-electron chi connectivity index (χ4n) is 2.35. The molecule has 1 amide bonds. The van der Waals surface area contributed by atoms with E-state index >= 15 is 0 Å². The minimum Gasteiger partial charge on any atom is -0.494 e. The number of aromatic nitrogens is 2. The van der Waals surface area contributed by atoms with Gasteiger partial charge in [-0.15, -0.1) is 10.2 Å². The number of nitrogens with one attached hydrogen (secondary N) is 1. The molecular weight excluding hydrogens is 397 g/mol. The van der Waals surface area contributed by atoms with Gasteiger partial charge >= 0.3 is 0 Å². The van der Waals surface area contributed by atoms with Crippen molar-refractivity contribution in [1.82, 2.24) is 10.2 Å². The van der Waals surface area contributed by atoms with E-state index in [2.05, 4.69) is 15.5 Å². The van der Waals surface area contributed by atoms with Crippen LogP contribution in [0, 0.1) is 12.7 Å². The van der Waals surface area contributed by atoms with Crippen molar-refractivity contribution in [1.29, 1.82) is 0 Å². The Morgan fingerprint density at radius 3 is 2.82 bits per heavy atom. The molecule has 0 aliphatic heterocycles. The number of aryl methyl sites for hydroxylation is 1. The number of hydrogen-bond donors (Lipinski definition) is 1. The Bertz CT molecular complexity index is 916. The van der Waals surface area contributed by atoms with Gasteiger partial charge in [0.05, 0.1) is 6.61 Å². The minimum absolute atomic E-state index is 0.112. The summed E-state index contributed by atoms with van der Waals surface area (Å²) >= 11 is 2.82. The molecule has 3 rings (SSSR count). The van der Waals surface area contributed by atoms with E-state index in [1.165, 1.54) is 35.2 Å². The first-order valence-corrected chi connectivity index (χ1v) is 10.6. The molecule has 0 aliphatic carbocycles. The second kappa shape index (κ2) is 10.2. The highest BCUT2D eigenvalue weighted by molar-refractivity contribution is 8.00. The number of rotatable bonds is 9. The molecule has 0 saturated heterocycles. The van der Waals surface area contributed by atoms with E-state index in [1.54, 1.807) is 12.1 Å². The largest absolute Gasteiger partial charge is 0.494 e. The molecule has 0 fully saturated rings. The quantitative estimate of drug-likeness (QED) is 0.299. The lowest BCUT2D eigenvalue weighted by atomic mass is 10.2. The number of amides is 1. The number of carbonyl (C=O) groups excluding carboxylic acids is 1. The van der Waals surface area contributed by atoms with Crippen LogP contribution in [0.25, 0.3) is 0 Å². The monoisotopic (exact) mass is 417 g/mol.